The molecule has 0 saturated heterocycles. The number of aryl methyl sites for hydroxylation is 1. The number of para-hydroxylation sites is 1. The van der Waals surface area contributed by atoms with Crippen molar-refractivity contribution in [2.24, 2.45) is 0 Å². The van der Waals surface area contributed by atoms with Gasteiger partial charge in [-0.2, -0.15) is 9.13 Å². The van der Waals surface area contributed by atoms with Crippen LogP contribution in [0.3, 0.4) is 0 Å². The van der Waals surface area contributed by atoms with Gasteiger partial charge < -0.3 is 9.64 Å². The summed E-state index contributed by atoms with van der Waals surface area (Å²) in [4.78, 5) is 2.14. The van der Waals surface area contributed by atoms with Crippen molar-refractivity contribution in [2.75, 3.05) is 25.6 Å². The Hall–Kier alpha value is -3.53. The zero-order valence-electron chi connectivity index (χ0n) is 19.1. The maximum atomic E-state index is 5.66. The molecule has 4 aromatic rings. The Morgan fingerprint density at radius 2 is 1.66 bits per heavy atom. The molecular formula is C28H30N3O+. The minimum Gasteiger partial charge on any atom is -0.494 e. The Labute approximate surface area is 190 Å². The molecule has 0 unspecified atom stereocenters. The van der Waals surface area contributed by atoms with Crippen LogP contribution in [-0.4, -0.2) is 25.3 Å². The van der Waals surface area contributed by atoms with E-state index in [1.807, 2.05) is 6.92 Å². The summed E-state index contributed by atoms with van der Waals surface area (Å²) in [6.07, 6.45) is 5.55. The zero-order chi connectivity index (χ0) is 22.1. The first kappa shape index (κ1) is 20.4. The number of imidazole rings is 1. The number of ether oxygens (including phenoxy) is 1. The van der Waals surface area contributed by atoms with E-state index in [0.29, 0.717) is 6.61 Å². The quantitative estimate of drug-likeness (QED) is 0.402. The standard InChI is InChI=1S/C28H30N3O/c1-4-32-25-18-16-24(17-19-25)30-20-27(22-12-14-23(15-13-22)29(2)3)31-26-10-6-5-8-21(26)9-7-11-28(30)31/h5-6,8,10,12-20H,4,7,9,11H2,1-3H3/q+1. The lowest BCUT2D eigenvalue weighted by molar-refractivity contribution is -0.592. The van der Waals surface area contributed by atoms with Crippen molar-refractivity contribution in [3.63, 3.8) is 0 Å². The fraction of sp³-hybridized carbons (Fsp3) is 0.250. The van der Waals surface area contributed by atoms with E-state index in [9.17, 15) is 0 Å². The number of fused-ring (bicyclic) bond motifs is 3. The lowest BCUT2D eigenvalue weighted by atomic mass is 10.1. The van der Waals surface area contributed by atoms with Crippen LogP contribution in [-0.2, 0) is 12.8 Å². The van der Waals surface area contributed by atoms with Gasteiger partial charge in [0.2, 0.25) is 0 Å². The summed E-state index contributed by atoms with van der Waals surface area (Å²) in [6, 6.07) is 26.1. The summed E-state index contributed by atoms with van der Waals surface area (Å²) in [5, 5.41) is 0. The topological polar surface area (TPSA) is 21.3 Å². The van der Waals surface area contributed by atoms with Crippen LogP contribution in [0.15, 0.2) is 79.0 Å². The first-order chi connectivity index (χ1) is 15.7. The Morgan fingerprint density at radius 3 is 2.38 bits per heavy atom. The van der Waals surface area contributed by atoms with Crippen LogP contribution in [0, 0.1) is 0 Å². The molecule has 0 fully saturated rings. The van der Waals surface area contributed by atoms with Crippen molar-refractivity contribution in [2.45, 2.75) is 26.2 Å². The molecule has 0 spiro atoms. The molecule has 0 aliphatic carbocycles. The van der Waals surface area contributed by atoms with E-state index in [1.54, 1.807) is 0 Å². The van der Waals surface area contributed by atoms with Gasteiger partial charge in [-0.15, -0.1) is 0 Å². The van der Waals surface area contributed by atoms with Crippen molar-refractivity contribution in [1.29, 1.82) is 0 Å². The fourth-order valence-electron chi connectivity index (χ4n) is 4.61. The number of nitrogens with zero attached hydrogens (tertiary/aromatic N) is 3. The van der Waals surface area contributed by atoms with Crippen LogP contribution in [0.1, 0.15) is 24.7 Å². The molecule has 1 aromatic heterocycles. The van der Waals surface area contributed by atoms with Crippen LogP contribution in [0.25, 0.3) is 22.6 Å². The van der Waals surface area contributed by atoms with Crippen molar-refractivity contribution >= 4 is 5.69 Å². The van der Waals surface area contributed by atoms with Crippen molar-refractivity contribution < 1.29 is 9.30 Å². The summed E-state index contributed by atoms with van der Waals surface area (Å²) < 4.78 is 10.5. The second-order valence-electron chi connectivity index (χ2n) is 8.49. The van der Waals surface area contributed by atoms with Gasteiger partial charge in [0.15, 0.2) is 5.69 Å². The van der Waals surface area contributed by atoms with E-state index in [1.165, 1.54) is 34.0 Å². The summed E-state index contributed by atoms with van der Waals surface area (Å²) in [5.74, 6) is 2.22. The fourth-order valence-corrected chi connectivity index (χ4v) is 4.61. The highest BCUT2D eigenvalue weighted by molar-refractivity contribution is 5.62. The molecule has 0 saturated carbocycles. The summed E-state index contributed by atoms with van der Waals surface area (Å²) >= 11 is 0. The second kappa shape index (κ2) is 8.54. The number of hydrogen-bond donors (Lipinski definition) is 0. The number of anilines is 1. The molecule has 0 atom stereocenters. The third kappa shape index (κ3) is 3.66. The highest BCUT2D eigenvalue weighted by Gasteiger charge is 2.30. The molecule has 4 heteroatoms. The molecule has 3 aromatic carbocycles. The van der Waals surface area contributed by atoms with Gasteiger partial charge in [0.25, 0.3) is 5.82 Å². The highest BCUT2D eigenvalue weighted by Crippen LogP contribution is 2.28. The largest absolute Gasteiger partial charge is 0.494 e. The molecule has 2 heterocycles. The summed E-state index contributed by atoms with van der Waals surface area (Å²) in [6.45, 7) is 2.69. The maximum Gasteiger partial charge on any atom is 0.267 e. The smallest absolute Gasteiger partial charge is 0.267 e. The van der Waals surface area contributed by atoms with Crippen LogP contribution >= 0.6 is 0 Å². The third-order valence-corrected chi connectivity index (χ3v) is 6.21. The molecule has 0 bridgehead atoms. The number of aromatic nitrogens is 2. The predicted molar refractivity (Wildman–Crippen MR) is 130 cm³/mol. The maximum absolute atomic E-state index is 5.66. The Bertz CT molecular complexity index is 1220. The molecule has 0 N–H and O–H groups in total. The number of benzene rings is 3. The van der Waals surface area contributed by atoms with Gasteiger partial charge in [-0.1, -0.05) is 18.2 Å². The minimum absolute atomic E-state index is 0.679. The van der Waals surface area contributed by atoms with Crippen LogP contribution in [0.4, 0.5) is 5.69 Å². The molecule has 32 heavy (non-hydrogen) atoms. The Kier molecular flexibility index (Phi) is 5.44. The van der Waals surface area contributed by atoms with E-state index in [-0.39, 0.29) is 0 Å². The van der Waals surface area contributed by atoms with Gasteiger partial charge in [-0.05, 0) is 79.9 Å². The molecule has 4 nitrogen and oxygen atoms in total. The van der Waals surface area contributed by atoms with Crippen LogP contribution in [0.5, 0.6) is 5.75 Å². The molecule has 1 aliphatic rings. The molecule has 0 radical (unpaired) electrons. The molecule has 162 valence electrons. The first-order valence-electron chi connectivity index (χ1n) is 11.4. The molecule has 5 rings (SSSR count). The third-order valence-electron chi connectivity index (χ3n) is 6.21. The van der Waals surface area contributed by atoms with E-state index in [4.69, 9.17) is 4.74 Å². The zero-order valence-corrected chi connectivity index (χ0v) is 19.1. The van der Waals surface area contributed by atoms with Gasteiger partial charge in [0.05, 0.1) is 13.0 Å². The molecule has 1 aliphatic heterocycles. The first-order valence-corrected chi connectivity index (χ1v) is 11.4. The Balaban J connectivity index is 1.70. The Morgan fingerprint density at radius 1 is 0.906 bits per heavy atom. The second-order valence-corrected chi connectivity index (χ2v) is 8.49. The van der Waals surface area contributed by atoms with E-state index in [2.05, 4.69) is 107 Å². The minimum atomic E-state index is 0.679. The molecule has 0 amide bonds. The van der Waals surface area contributed by atoms with Gasteiger partial charge in [0.1, 0.15) is 23.3 Å². The van der Waals surface area contributed by atoms with Gasteiger partial charge in [-0.3, -0.25) is 0 Å². The van der Waals surface area contributed by atoms with Crippen molar-refractivity contribution in [3.8, 4) is 28.4 Å². The summed E-state index contributed by atoms with van der Waals surface area (Å²) in [5.41, 5.74) is 7.50. The predicted octanol–water partition coefficient (Wildman–Crippen LogP) is 5.37. The lowest BCUT2D eigenvalue weighted by Crippen LogP contribution is -2.36. The van der Waals surface area contributed by atoms with Crippen LogP contribution < -0.4 is 14.2 Å². The van der Waals surface area contributed by atoms with Gasteiger partial charge in [0, 0.05) is 25.3 Å². The van der Waals surface area contributed by atoms with E-state index in [0.717, 1.165) is 30.7 Å². The monoisotopic (exact) mass is 424 g/mol. The lowest BCUT2D eigenvalue weighted by Gasteiger charge is -2.12. The average Bonchev–Trinajstić information content (AvgIpc) is 3.08. The normalized spacial score (nSPS) is 12.6. The van der Waals surface area contributed by atoms with E-state index >= 15 is 0 Å². The average molecular weight is 425 g/mol. The van der Waals surface area contributed by atoms with E-state index < -0.39 is 0 Å². The highest BCUT2D eigenvalue weighted by atomic mass is 16.5. The SMILES string of the molecule is CCOc1ccc(-n2cc(-c3ccc(N(C)C)cc3)[n+]3c2CCCc2ccccc2-3)cc1. The van der Waals surface area contributed by atoms with Crippen molar-refractivity contribution in [3.05, 3.63) is 90.4 Å². The van der Waals surface area contributed by atoms with Crippen LogP contribution in [0.2, 0.25) is 0 Å². The number of hydrogen-bond acceptors (Lipinski definition) is 2. The van der Waals surface area contributed by atoms with Crippen molar-refractivity contribution in [1.82, 2.24) is 4.57 Å². The molecular weight excluding hydrogens is 394 g/mol. The number of rotatable bonds is 5. The van der Waals surface area contributed by atoms with Gasteiger partial charge >= 0.3 is 0 Å². The van der Waals surface area contributed by atoms with Gasteiger partial charge in [-0.25, -0.2) is 0 Å². The summed E-state index contributed by atoms with van der Waals surface area (Å²) in [7, 11) is 4.16.